The Balaban J connectivity index is 1.29. The van der Waals surface area contributed by atoms with Crippen LogP contribution < -0.4 is 4.90 Å². The Morgan fingerprint density at radius 1 is 1.09 bits per heavy atom. The summed E-state index contributed by atoms with van der Waals surface area (Å²) in [6, 6.07) is 11.6. The van der Waals surface area contributed by atoms with Gasteiger partial charge in [0.1, 0.15) is 17.1 Å². The van der Waals surface area contributed by atoms with Gasteiger partial charge in [-0.15, -0.1) is 0 Å². The van der Waals surface area contributed by atoms with Crippen LogP contribution in [0.3, 0.4) is 0 Å². The molecule has 0 radical (unpaired) electrons. The second-order valence-electron chi connectivity index (χ2n) is 9.37. The average molecular weight is 470 g/mol. The Morgan fingerprint density at radius 2 is 1.91 bits per heavy atom. The minimum atomic E-state index is 0.0964. The van der Waals surface area contributed by atoms with E-state index in [0.717, 1.165) is 46.7 Å². The van der Waals surface area contributed by atoms with Gasteiger partial charge < -0.3 is 19.5 Å². The summed E-state index contributed by atoms with van der Waals surface area (Å²) in [6.45, 7) is 5.76. The number of hydrogen-bond donors (Lipinski definition) is 1. The zero-order valence-electron chi connectivity index (χ0n) is 19.8. The number of anilines is 1. The van der Waals surface area contributed by atoms with Gasteiger partial charge in [0.15, 0.2) is 5.65 Å². The van der Waals surface area contributed by atoms with E-state index in [0.29, 0.717) is 25.6 Å². The van der Waals surface area contributed by atoms with Gasteiger partial charge in [0.25, 0.3) is 0 Å². The summed E-state index contributed by atoms with van der Waals surface area (Å²) >= 11 is 0. The maximum atomic E-state index is 11.8. The normalized spacial score (nSPS) is 19.8. The van der Waals surface area contributed by atoms with Crippen molar-refractivity contribution in [3.8, 4) is 17.0 Å². The number of pyridine rings is 1. The second-order valence-corrected chi connectivity index (χ2v) is 9.37. The molecule has 2 atom stereocenters. The molecule has 35 heavy (non-hydrogen) atoms. The van der Waals surface area contributed by atoms with Gasteiger partial charge >= 0.3 is 0 Å². The highest BCUT2D eigenvalue weighted by Gasteiger charge is 2.29. The summed E-state index contributed by atoms with van der Waals surface area (Å²) in [7, 11) is 0. The van der Waals surface area contributed by atoms with Crippen LogP contribution in [0, 0.1) is 0 Å². The predicted molar refractivity (Wildman–Crippen MR) is 132 cm³/mol. The number of amides is 1. The van der Waals surface area contributed by atoms with E-state index in [9.17, 15) is 9.90 Å². The maximum absolute atomic E-state index is 11.8. The number of rotatable bonds is 3. The molecule has 0 saturated carbocycles. The van der Waals surface area contributed by atoms with Crippen molar-refractivity contribution < 1.29 is 9.90 Å². The van der Waals surface area contributed by atoms with E-state index in [1.54, 1.807) is 13.0 Å². The number of piperazine rings is 1. The van der Waals surface area contributed by atoms with Crippen molar-refractivity contribution in [1.29, 1.82) is 0 Å². The molecular formula is C26H27N7O2. The number of imidazole rings is 1. The summed E-state index contributed by atoms with van der Waals surface area (Å²) in [5.41, 5.74) is 4.39. The molecule has 1 aromatic carbocycles. The molecule has 0 spiro atoms. The van der Waals surface area contributed by atoms with Gasteiger partial charge in [-0.3, -0.25) is 4.79 Å². The maximum Gasteiger partial charge on any atom is 0.225 e. The van der Waals surface area contributed by atoms with Crippen LogP contribution in [0.25, 0.3) is 22.4 Å². The third-order valence-electron chi connectivity index (χ3n) is 7.07. The monoisotopic (exact) mass is 469 g/mol. The predicted octanol–water partition coefficient (Wildman–Crippen LogP) is 3.19. The summed E-state index contributed by atoms with van der Waals surface area (Å²) in [5, 5.41) is 9.97. The van der Waals surface area contributed by atoms with E-state index in [1.807, 2.05) is 47.6 Å². The van der Waals surface area contributed by atoms with Crippen LogP contribution in [-0.2, 0) is 11.2 Å². The third kappa shape index (κ3) is 3.77. The van der Waals surface area contributed by atoms with E-state index in [4.69, 9.17) is 9.97 Å². The number of carbonyl (C=O) groups is 1. The van der Waals surface area contributed by atoms with Crippen molar-refractivity contribution in [3.63, 3.8) is 0 Å². The van der Waals surface area contributed by atoms with Crippen molar-refractivity contribution in [2.75, 3.05) is 24.5 Å². The topological polar surface area (TPSA) is 100 Å². The largest absolute Gasteiger partial charge is 0.508 e. The quantitative estimate of drug-likeness (QED) is 0.492. The smallest absolute Gasteiger partial charge is 0.225 e. The van der Waals surface area contributed by atoms with Crippen molar-refractivity contribution in [1.82, 2.24) is 29.4 Å². The highest BCUT2D eigenvalue weighted by molar-refractivity contribution is 5.77. The Labute approximate surface area is 203 Å². The molecule has 0 bridgehead atoms. The number of hydrogen-bond acceptors (Lipinski definition) is 7. The molecule has 0 aliphatic carbocycles. The Bertz CT molecular complexity index is 1420. The average Bonchev–Trinajstić information content (AvgIpc) is 3.43. The molecule has 3 aromatic heterocycles. The van der Waals surface area contributed by atoms with Crippen LogP contribution in [-0.4, -0.2) is 66.1 Å². The Kier molecular flexibility index (Phi) is 5.12. The van der Waals surface area contributed by atoms with Gasteiger partial charge in [-0.1, -0.05) is 12.1 Å². The van der Waals surface area contributed by atoms with Crippen LogP contribution in [0.1, 0.15) is 37.7 Å². The van der Waals surface area contributed by atoms with Gasteiger partial charge in [0.05, 0.1) is 11.7 Å². The lowest BCUT2D eigenvalue weighted by Gasteiger charge is -2.39. The van der Waals surface area contributed by atoms with Crippen molar-refractivity contribution in [2.24, 2.45) is 0 Å². The second kappa shape index (κ2) is 8.33. The minimum Gasteiger partial charge on any atom is -0.508 e. The number of phenols is 1. The van der Waals surface area contributed by atoms with Gasteiger partial charge in [-0.05, 0) is 43.2 Å². The first kappa shape index (κ1) is 21.5. The van der Waals surface area contributed by atoms with Crippen molar-refractivity contribution in [3.05, 3.63) is 60.2 Å². The van der Waals surface area contributed by atoms with Gasteiger partial charge in [-0.2, -0.15) is 0 Å². The molecule has 2 aliphatic heterocycles. The fourth-order valence-electron chi connectivity index (χ4n) is 5.35. The summed E-state index contributed by atoms with van der Waals surface area (Å²) < 4.78 is 2.19. The van der Waals surface area contributed by atoms with Crippen molar-refractivity contribution >= 4 is 23.0 Å². The first-order valence-corrected chi connectivity index (χ1v) is 12.0. The minimum absolute atomic E-state index is 0.0964. The zero-order chi connectivity index (χ0) is 24.1. The molecule has 1 amide bonds. The molecule has 5 heterocycles. The van der Waals surface area contributed by atoms with E-state index in [1.165, 1.54) is 0 Å². The first-order chi connectivity index (χ1) is 17.0. The number of benzene rings is 1. The van der Waals surface area contributed by atoms with Crippen molar-refractivity contribution in [2.45, 2.75) is 38.8 Å². The Hall–Kier alpha value is -4.01. The van der Waals surface area contributed by atoms with Crippen LogP contribution in [0.5, 0.6) is 5.75 Å². The lowest BCUT2D eigenvalue weighted by Crippen LogP contribution is -2.53. The van der Waals surface area contributed by atoms with Gasteiger partial charge in [0.2, 0.25) is 11.9 Å². The highest BCUT2D eigenvalue weighted by Crippen LogP contribution is 2.36. The lowest BCUT2D eigenvalue weighted by atomic mass is 10.0. The first-order valence-electron chi connectivity index (χ1n) is 12.0. The van der Waals surface area contributed by atoms with E-state index in [2.05, 4.69) is 26.4 Å². The number of aromatic nitrogens is 5. The fraction of sp³-hybridized carbons (Fsp3) is 0.346. The van der Waals surface area contributed by atoms with Gasteiger partial charge in [-0.25, -0.2) is 19.9 Å². The number of fused-ring (bicyclic) bond motifs is 3. The molecule has 1 fully saturated rings. The molecule has 9 nitrogen and oxygen atoms in total. The number of nitrogens with zero attached hydrogens (tertiary/aromatic N) is 7. The molecule has 2 aliphatic rings. The van der Waals surface area contributed by atoms with E-state index < -0.39 is 0 Å². The summed E-state index contributed by atoms with van der Waals surface area (Å²) in [5.74, 6) is 2.05. The number of carbonyl (C=O) groups excluding carboxylic acids is 1. The molecule has 1 saturated heterocycles. The summed E-state index contributed by atoms with van der Waals surface area (Å²) in [6.07, 6.45) is 5.43. The number of phenolic OH excluding ortho intramolecular Hbond substituents is 1. The number of aromatic hydroxyl groups is 1. The summed E-state index contributed by atoms with van der Waals surface area (Å²) in [4.78, 5) is 34.8. The standard InChI is InChI=1S/C26H27N7O2/c1-16-15-31(10-11-32(16)17(2)34)26-27-13-19(14-28-26)21-6-7-22-25(30-21)33-23(8-9-24(33)29-22)18-4-3-5-20(35)12-18/h3-7,12-14,16,23,35H,8-11,15H2,1-2H3/t16-,23-/m1/s1. The molecule has 1 N–H and O–H groups in total. The van der Waals surface area contributed by atoms with Crippen LogP contribution in [0.2, 0.25) is 0 Å². The molecular weight excluding hydrogens is 442 g/mol. The molecule has 9 heteroatoms. The van der Waals surface area contributed by atoms with Gasteiger partial charge in [0, 0.05) is 57.0 Å². The van der Waals surface area contributed by atoms with Crippen LogP contribution in [0.15, 0.2) is 48.8 Å². The highest BCUT2D eigenvalue weighted by atomic mass is 16.3. The third-order valence-corrected chi connectivity index (χ3v) is 7.07. The zero-order valence-corrected chi connectivity index (χ0v) is 19.8. The SMILES string of the molecule is CC(=O)N1CCN(c2ncc(-c3ccc4nc5n(c4n3)[C@@H](c3cccc(O)c3)CC5)cn2)C[C@H]1C. The van der Waals surface area contributed by atoms with Crippen LogP contribution in [0.4, 0.5) is 5.95 Å². The molecule has 6 rings (SSSR count). The molecule has 178 valence electrons. The van der Waals surface area contributed by atoms with Crippen LogP contribution >= 0.6 is 0 Å². The molecule has 4 aromatic rings. The molecule has 0 unspecified atom stereocenters. The number of aryl methyl sites for hydroxylation is 1. The van der Waals surface area contributed by atoms with E-state index >= 15 is 0 Å². The Morgan fingerprint density at radius 3 is 2.66 bits per heavy atom. The lowest BCUT2D eigenvalue weighted by molar-refractivity contribution is -0.131. The van der Waals surface area contributed by atoms with E-state index in [-0.39, 0.29) is 23.7 Å². The fourth-order valence-corrected chi connectivity index (χ4v) is 5.35.